The predicted molar refractivity (Wildman–Crippen MR) is 158 cm³/mol. The molecule has 0 aromatic heterocycles. The molecule has 0 saturated carbocycles. The van der Waals surface area contributed by atoms with Crippen molar-refractivity contribution in [3.8, 4) is 0 Å². The summed E-state index contributed by atoms with van der Waals surface area (Å²) < 4.78 is 29.0. The van der Waals surface area contributed by atoms with E-state index in [4.69, 9.17) is 0 Å². The van der Waals surface area contributed by atoms with Gasteiger partial charge in [-0.05, 0) is 75.4 Å². The third-order valence-corrected chi connectivity index (χ3v) is 8.99. The lowest BCUT2D eigenvalue weighted by Gasteiger charge is -2.33. The Bertz CT molecular complexity index is 1360. The molecule has 1 N–H and O–H groups in total. The highest BCUT2D eigenvalue weighted by atomic mass is 32.2. The van der Waals surface area contributed by atoms with Crippen molar-refractivity contribution in [3.05, 3.63) is 89.5 Å². The number of rotatable bonds is 12. The quantitative estimate of drug-likeness (QED) is 0.306. The van der Waals surface area contributed by atoms with Crippen LogP contribution in [0, 0.1) is 13.8 Å². The first-order valence-electron chi connectivity index (χ1n) is 13.0. The number of sulfonamides is 1. The maximum Gasteiger partial charge on any atom is 0.264 e. The van der Waals surface area contributed by atoms with Crippen LogP contribution in [0.25, 0.3) is 0 Å². The lowest BCUT2D eigenvalue weighted by Crippen LogP contribution is -2.52. The third kappa shape index (κ3) is 7.64. The van der Waals surface area contributed by atoms with E-state index >= 15 is 0 Å². The number of anilines is 1. The maximum atomic E-state index is 14.0. The van der Waals surface area contributed by atoms with Gasteiger partial charge in [-0.15, -0.1) is 11.8 Å². The number of aryl methyl sites for hydroxylation is 2. The molecule has 0 aliphatic heterocycles. The molecule has 0 heterocycles. The van der Waals surface area contributed by atoms with Gasteiger partial charge < -0.3 is 10.2 Å². The number of carbonyl (C=O) groups excluding carboxylic acids is 2. The second-order valence-electron chi connectivity index (χ2n) is 9.35. The molecule has 3 aromatic carbocycles. The molecule has 3 rings (SSSR count). The van der Waals surface area contributed by atoms with Gasteiger partial charge in [0.1, 0.15) is 12.6 Å². The molecule has 39 heavy (non-hydrogen) atoms. The summed E-state index contributed by atoms with van der Waals surface area (Å²) in [6, 6.07) is 20.6. The molecular weight excluding hydrogens is 530 g/mol. The summed E-state index contributed by atoms with van der Waals surface area (Å²) in [6.45, 7) is 7.72. The van der Waals surface area contributed by atoms with Gasteiger partial charge in [0.05, 0.1) is 10.6 Å². The van der Waals surface area contributed by atoms with Crippen molar-refractivity contribution in [2.45, 2.75) is 56.5 Å². The molecule has 3 aromatic rings. The van der Waals surface area contributed by atoms with Crippen LogP contribution in [-0.4, -0.2) is 50.5 Å². The molecule has 208 valence electrons. The highest BCUT2D eigenvalue weighted by Gasteiger charge is 2.33. The fourth-order valence-electron chi connectivity index (χ4n) is 4.22. The van der Waals surface area contributed by atoms with E-state index in [1.54, 1.807) is 36.4 Å². The molecule has 0 spiro atoms. The second-order valence-corrected chi connectivity index (χ2v) is 12.1. The van der Waals surface area contributed by atoms with Gasteiger partial charge in [0.15, 0.2) is 0 Å². The summed E-state index contributed by atoms with van der Waals surface area (Å²) in [4.78, 5) is 29.5. The van der Waals surface area contributed by atoms with Gasteiger partial charge in [-0.1, -0.05) is 54.4 Å². The minimum Gasteiger partial charge on any atom is -0.355 e. The van der Waals surface area contributed by atoms with Crippen LogP contribution < -0.4 is 9.62 Å². The number of thioether (sulfide) groups is 1. The lowest BCUT2D eigenvalue weighted by atomic mass is 10.1. The molecule has 9 heteroatoms. The number of amides is 2. The van der Waals surface area contributed by atoms with E-state index in [1.165, 1.54) is 16.7 Å². The summed E-state index contributed by atoms with van der Waals surface area (Å²) >= 11 is 1.52. The first-order chi connectivity index (χ1) is 18.6. The average molecular weight is 568 g/mol. The van der Waals surface area contributed by atoms with Gasteiger partial charge in [-0.3, -0.25) is 13.9 Å². The molecule has 2 amide bonds. The number of nitrogens with one attached hydrogen (secondary N) is 1. The molecule has 1 atom stereocenters. The molecule has 0 fully saturated rings. The normalized spacial score (nSPS) is 12.0. The minimum absolute atomic E-state index is 0.0922. The Morgan fingerprint density at radius 1 is 0.872 bits per heavy atom. The monoisotopic (exact) mass is 567 g/mol. The van der Waals surface area contributed by atoms with Gasteiger partial charge >= 0.3 is 0 Å². The molecule has 0 aliphatic rings. The Kier molecular flexibility index (Phi) is 10.6. The van der Waals surface area contributed by atoms with Crippen molar-refractivity contribution in [1.29, 1.82) is 0 Å². The maximum absolute atomic E-state index is 14.0. The van der Waals surface area contributed by atoms with E-state index in [-0.39, 0.29) is 17.3 Å². The molecule has 0 aliphatic carbocycles. The standard InChI is InChI=1S/C30H37N3O4S2/c1-6-28(30(35)31-7-2)32(20-24-12-8-22(3)9-13-24)29(34)21-33(25-14-10-23(4)11-15-25)39(36,37)27-18-16-26(38-5)17-19-27/h8-19,28H,6-7,20-21H2,1-5H3,(H,31,35). The zero-order chi connectivity index (χ0) is 28.6. The van der Waals surface area contributed by atoms with Gasteiger partial charge in [-0.2, -0.15) is 0 Å². The summed E-state index contributed by atoms with van der Waals surface area (Å²) in [6.07, 6.45) is 2.30. The molecule has 0 radical (unpaired) electrons. The fourth-order valence-corrected chi connectivity index (χ4v) is 6.04. The van der Waals surface area contributed by atoms with Crippen LogP contribution in [0.1, 0.15) is 37.0 Å². The average Bonchev–Trinajstić information content (AvgIpc) is 2.93. The zero-order valence-electron chi connectivity index (χ0n) is 23.2. The van der Waals surface area contributed by atoms with Gasteiger partial charge in [0.25, 0.3) is 10.0 Å². The number of benzene rings is 3. The van der Waals surface area contributed by atoms with Gasteiger partial charge in [-0.25, -0.2) is 8.42 Å². The molecule has 0 bridgehead atoms. The number of likely N-dealkylation sites (N-methyl/N-ethyl adjacent to an activating group) is 1. The molecule has 7 nitrogen and oxygen atoms in total. The summed E-state index contributed by atoms with van der Waals surface area (Å²) in [5.41, 5.74) is 3.28. The van der Waals surface area contributed by atoms with Gasteiger partial charge in [0.2, 0.25) is 11.8 Å². The Morgan fingerprint density at radius 2 is 1.44 bits per heavy atom. The molecule has 0 saturated heterocycles. The summed E-state index contributed by atoms with van der Waals surface area (Å²) in [5.74, 6) is -0.726. The topological polar surface area (TPSA) is 86.8 Å². The predicted octanol–water partition coefficient (Wildman–Crippen LogP) is 5.16. The second kappa shape index (κ2) is 13.7. The van der Waals surface area contributed by atoms with Crippen LogP contribution in [0.15, 0.2) is 82.6 Å². The highest BCUT2D eigenvalue weighted by molar-refractivity contribution is 7.98. The van der Waals surface area contributed by atoms with Crippen molar-refractivity contribution in [3.63, 3.8) is 0 Å². The van der Waals surface area contributed by atoms with E-state index < -0.39 is 28.5 Å². The van der Waals surface area contributed by atoms with E-state index in [9.17, 15) is 18.0 Å². The van der Waals surface area contributed by atoms with Crippen molar-refractivity contribution < 1.29 is 18.0 Å². The molecular formula is C30H37N3O4S2. The Labute approximate surface area is 236 Å². The third-order valence-electron chi connectivity index (χ3n) is 6.46. The lowest BCUT2D eigenvalue weighted by molar-refractivity contribution is -0.140. The number of hydrogen-bond acceptors (Lipinski definition) is 5. The van der Waals surface area contributed by atoms with E-state index in [0.29, 0.717) is 18.7 Å². The van der Waals surface area contributed by atoms with Crippen LogP contribution >= 0.6 is 11.8 Å². The van der Waals surface area contributed by atoms with Crippen LogP contribution in [0.3, 0.4) is 0 Å². The SMILES string of the molecule is CCNC(=O)C(CC)N(Cc1ccc(C)cc1)C(=O)CN(c1ccc(C)cc1)S(=O)(=O)c1ccc(SC)cc1. The number of hydrogen-bond donors (Lipinski definition) is 1. The first kappa shape index (κ1) is 30.2. The minimum atomic E-state index is -4.09. The Balaban J connectivity index is 2.04. The van der Waals surface area contributed by atoms with E-state index in [1.807, 2.05) is 70.3 Å². The van der Waals surface area contributed by atoms with Crippen LogP contribution in [0.4, 0.5) is 5.69 Å². The molecule has 1 unspecified atom stereocenters. The number of carbonyl (C=O) groups is 2. The Morgan fingerprint density at radius 3 is 1.95 bits per heavy atom. The van der Waals surface area contributed by atoms with Crippen molar-refractivity contribution in [2.75, 3.05) is 23.7 Å². The van der Waals surface area contributed by atoms with Crippen LogP contribution in [0.2, 0.25) is 0 Å². The van der Waals surface area contributed by atoms with Crippen LogP contribution in [0.5, 0.6) is 0 Å². The van der Waals surface area contributed by atoms with E-state index in [2.05, 4.69) is 5.32 Å². The Hall–Kier alpha value is -3.30. The number of nitrogens with zero attached hydrogens (tertiary/aromatic N) is 2. The van der Waals surface area contributed by atoms with Gasteiger partial charge in [0, 0.05) is 18.0 Å². The van der Waals surface area contributed by atoms with Crippen molar-refractivity contribution in [1.82, 2.24) is 10.2 Å². The van der Waals surface area contributed by atoms with E-state index in [0.717, 1.165) is 25.9 Å². The van der Waals surface area contributed by atoms with Crippen molar-refractivity contribution in [2.24, 2.45) is 0 Å². The fraction of sp³-hybridized carbons (Fsp3) is 0.333. The zero-order valence-corrected chi connectivity index (χ0v) is 24.8. The summed E-state index contributed by atoms with van der Waals surface area (Å²) in [7, 11) is -4.09. The summed E-state index contributed by atoms with van der Waals surface area (Å²) in [5, 5.41) is 2.82. The van der Waals surface area contributed by atoms with Crippen molar-refractivity contribution >= 4 is 39.3 Å². The largest absolute Gasteiger partial charge is 0.355 e. The first-order valence-corrected chi connectivity index (χ1v) is 15.6. The van der Waals surface area contributed by atoms with Crippen LogP contribution in [-0.2, 0) is 26.2 Å². The smallest absolute Gasteiger partial charge is 0.264 e. The highest BCUT2D eigenvalue weighted by Crippen LogP contribution is 2.27.